The van der Waals surface area contributed by atoms with Gasteiger partial charge in [0.25, 0.3) is 5.91 Å². The lowest BCUT2D eigenvalue weighted by Crippen LogP contribution is -2.37. The van der Waals surface area contributed by atoms with Crippen molar-refractivity contribution in [3.63, 3.8) is 0 Å². The number of hydrogen-bond acceptors (Lipinski definition) is 3. The first-order chi connectivity index (χ1) is 8.77. The second kappa shape index (κ2) is 5.92. The molecule has 1 fully saturated rings. The average Bonchev–Trinajstić information content (AvgIpc) is 2.77. The summed E-state index contributed by atoms with van der Waals surface area (Å²) in [6, 6.07) is 0. The Morgan fingerprint density at radius 1 is 1.26 bits per heavy atom. The van der Waals surface area contributed by atoms with Gasteiger partial charge in [0.15, 0.2) is 5.69 Å². The Kier molecular flexibility index (Phi) is 4.47. The third-order valence-corrected chi connectivity index (χ3v) is 3.96. The van der Waals surface area contributed by atoms with Crippen LogP contribution in [0.4, 0.5) is 0 Å². The molecule has 3 heterocycles. The molecule has 106 valence electrons. The lowest BCUT2D eigenvalue weighted by atomic mass is 10.1. The molecule has 5 nitrogen and oxygen atoms in total. The molecule has 1 amide bonds. The Morgan fingerprint density at radius 2 is 2.00 bits per heavy atom. The van der Waals surface area contributed by atoms with Crippen LogP contribution in [0.3, 0.4) is 0 Å². The van der Waals surface area contributed by atoms with Crippen LogP contribution in [0.25, 0.3) is 0 Å². The van der Waals surface area contributed by atoms with Crippen LogP contribution in [0.2, 0.25) is 0 Å². The van der Waals surface area contributed by atoms with E-state index in [0.717, 1.165) is 51.0 Å². The molecule has 0 atom stereocenters. The number of likely N-dealkylation sites (tertiary alicyclic amines) is 1. The van der Waals surface area contributed by atoms with E-state index in [1.54, 1.807) is 0 Å². The number of carbonyl (C=O) groups excluding carboxylic acids is 1. The number of fused-ring (bicyclic) bond motifs is 1. The van der Waals surface area contributed by atoms with E-state index in [2.05, 4.69) is 10.4 Å². The summed E-state index contributed by atoms with van der Waals surface area (Å²) in [4.78, 5) is 14.5. The maximum Gasteiger partial charge on any atom is 0.274 e. The fourth-order valence-corrected chi connectivity index (χ4v) is 2.94. The van der Waals surface area contributed by atoms with Crippen molar-refractivity contribution < 1.29 is 4.79 Å². The minimum Gasteiger partial charge on any atom is -0.337 e. The molecule has 0 radical (unpaired) electrons. The number of aryl methyl sites for hydroxylation is 1. The molecule has 1 aromatic rings. The van der Waals surface area contributed by atoms with Crippen molar-refractivity contribution in [2.75, 3.05) is 19.6 Å². The predicted octanol–water partition coefficient (Wildman–Crippen LogP) is 1.11. The number of rotatable bonds is 1. The van der Waals surface area contributed by atoms with Crippen LogP contribution in [0.1, 0.15) is 41.0 Å². The molecule has 2 aliphatic heterocycles. The number of amides is 1. The third-order valence-electron chi connectivity index (χ3n) is 3.96. The molecule has 6 heteroatoms. The molecule has 19 heavy (non-hydrogen) atoms. The molecule has 0 saturated carbocycles. The maximum absolute atomic E-state index is 12.5. The Bertz CT molecular complexity index is 465. The highest BCUT2D eigenvalue weighted by atomic mass is 35.5. The summed E-state index contributed by atoms with van der Waals surface area (Å²) in [5, 5.41) is 7.78. The quantitative estimate of drug-likeness (QED) is 0.841. The molecule has 0 bridgehead atoms. The minimum absolute atomic E-state index is 0. The van der Waals surface area contributed by atoms with E-state index in [1.165, 1.54) is 12.1 Å². The molecule has 1 N–H and O–H groups in total. The third kappa shape index (κ3) is 2.62. The lowest BCUT2D eigenvalue weighted by Gasteiger charge is -2.26. The van der Waals surface area contributed by atoms with Crippen LogP contribution in [-0.4, -0.2) is 40.2 Å². The van der Waals surface area contributed by atoms with Gasteiger partial charge in [-0.25, -0.2) is 0 Å². The zero-order valence-corrected chi connectivity index (χ0v) is 12.1. The van der Waals surface area contributed by atoms with Crippen molar-refractivity contribution in [3.8, 4) is 0 Å². The molecular weight excluding hydrogens is 264 g/mol. The molecule has 0 unspecified atom stereocenters. The van der Waals surface area contributed by atoms with Crippen molar-refractivity contribution in [2.45, 2.75) is 32.2 Å². The highest BCUT2D eigenvalue weighted by Gasteiger charge is 2.27. The Balaban J connectivity index is 0.00000133. The first kappa shape index (κ1) is 14.3. The van der Waals surface area contributed by atoms with E-state index in [-0.39, 0.29) is 18.3 Å². The number of piperidine rings is 1. The second-order valence-electron chi connectivity index (χ2n) is 5.18. The van der Waals surface area contributed by atoms with Crippen LogP contribution in [-0.2, 0) is 20.0 Å². The molecule has 0 aromatic carbocycles. The highest BCUT2D eigenvalue weighted by molar-refractivity contribution is 5.94. The largest absolute Gasteiger partial charge is 0.337 e. The highest BCUT2D eigenvalue weighted by Crippen LogP contribution is 2.20. The van der Waals surface area contributed by atoms with Gasteiger partial charge in [-0.3, -0.25) is 9.48 Å². The zero-order valence-electron chi connectivity index (χ0n) is 11.3. The SMILES string of the molecule is Cl.Cn1nc(C(=O)N2CCCCC2)c2c1CCNC2. The summed E-state index contributed by atoms with van der Waals surface area (Å²) in [6.45, 7) is 3.52. The Labute approximate surface area is 119 Å². The monoisotopic (exact) mass is 284 g/mol. The van der Waals surface area contributed by atoms with Gasteiger partial charge < -0.3 is 10.2 Å². The molecule has 2 aliphatic rings. The molecule has 1 saturated heterocycles. The van der Waals surface area contributed by atoms with Crippen LogP contribution in [0.5, 0.6) is 0 Å². The van der Waals surface area contributed by atoms with Crippen LogP contribution in [0, 0.1) is 0 Å². The normalized spacial score (nSPS) is 18.7. The summed E-state index contributed by atoms with van der Waals surface area (Å²) in [5.41, 5.74) is 3.00. The summed E-state index contributed by atoms with van der Waals surface area (Å²) < 4.78 is 1.88. The maximum atomic E-state index is 12.5. The van der Waals surface area contributed by atoms with E-state index >= 15 is 0 Å². The Hall–Kier alpha value is -1.07. The van der Waals surface area contributed by atoms with Gasteiger partial charge in [0.1, 0.15) is 0 Å². The summed E-state index contributed by atoms with van der Waals surface area (Å²) in [5.74, 6) is 0.121. The van der Waals surface area contributed by atoms with Gasteiger partial charge in [-0.15, -0.1) is 12.4 Å². The van der Waals surface area contributed by atoms with Crippen molar-refractivity contribution >= 4 is 18.3 Å². The summed E-state index contributed by atoms with van der Waals surface area (Å²) in [6.07, 6.45) is 4.45. The smallest absolute Gasteiger partial charge is 0.274 e. The number of nitrogens with zero attached hydrogens (tertiary/aromatic N) is 3. The number of aromatic nitrogens is 2. The average molecular weight is 285 g/mol. The standard InChI is InChI=1S/C13H20N4O.ClH/c1-16-11-5-6-14-9-10(11)12(15-16)13(18)17-7-3-2-4-8-17;/h14H,2-9H2,1H3;1H. The van der Waals surface area contributed by atoms with Gasteiger partial charge in [0.05, 0.1) is 0 Å². The predicted molar refractivity (Wildman–Crippen MR) is 75.6 cm³/mol. The minimum atomic E-state index is 0. The van der Waals surface area contributed by atoms with Crippen molar-refractivity contribution in [1.82, 2.24) is 20.0 Å². The van der Waals surface area contributed by atoms with Crippen molar-refractivity contribution in [3.05, 3.63) is 17.0 Å². The first-order valence-electron chi connectivity index (χ1n) is 6.82. The van der Waals surface area contributed by atoms with Crippen molar-refractivity contribution in [2.24, 2.45) is 7.05 Å². The van der Waals surface area contributed by atoms with E-state index in [0.29, 0.717) is 5.69 Å². The first-order valence-corrected chi connectivity index (χ1v) is 6.82. The topological polar surface area (TPSA) is 50.2 Å². The van der Waals surface area contributed by atoms with E-state index in [4.69, 9.17) is 0 Å². The fourth-order valence-electron chi connectivity index (χ4n) is 2.94. The summed E-state index contributed by atoms with van der Waals surface area (Å²) in [7, 11) is 1.94. The number of nitrogens with one attached hydrogen (secondary N) is 1. The van der Waals surface area contributed by atoms with Gasteiger partial charge >= 0.3 is 0 Å². The van der Waals surface area contributed by atoms with E-state index < -0.39 is 0 Å². The zero-order chi connectivity index (χ0) is 12.5. The number of halogens is 1. The summed E-state index contributed by atoms with van der Waals surface area (Å²) >= 11 is 0. The van der Waals surface area contributed by atoms with Crippen LogP contribution >= 0.6 is 12.4 Å². The van der Waals surface area contributed by atoms with E-state index in [9.17, 15) is 4.79 Å². The molecule has 1 aromatic heterocycles. The molecule has 3 rings (SSSR count). The van der Waals surface area contributed by atoms with Gasteiger partial charge in [-0.2, -0.15) is 5.10 Å². The number of carbonyl (C=O) groups is 1. The van der Waals surface area contributed by atoms with Gasteiger partial charge in [0, 0.05) is 50.9 Å². The second-order valence-corrected chi connectivity index (χ2v) is 5.18. The van der Waals surface area contributed by atoms with Crippen LogP contribution < -0.4 is 5.32 Å². The molecule has 0 spiro atoms. The Morgan fingerprint density at radius 3 is 2.74 bits per heavy atom. The molecular formula is C13H21ClN4O. The van der Waals surface area contributed by atoms with Gasteiger partial charge in [0.2, 0.25) is 0 Å². The molecule has 0 aliphatic carbocycles. The lowest BCUT2D eigenvalue weighted by molar-refractivity contribution is 0.0716. The van der Waals surface area contributed by atoms with Crippen molar-refractivity contribution in [1.29, 1.82) is 0 Å². The van der Waals surface area contributed by atoms with E-state index in [1.807, 2.05) is 16.6 Å². The van der Waals surface area contributed by atoms with Crippen LogP contribution in [0.15, 0.2) is 0 Å². The van der Waals surface area contributed by atoms with Gasteiger partial charge in [-0.05, 0) is 19.3 Å². The fraction of sp³-hybridized carbons (Fsp3) is 0.692. The van der Waals surface area contributed by atoms with Gasteiger partial charge in [-0.1, -0.05) is 0 Å². The number of hydrogen-bond donors (Lipinski definition) is 1.